The number of carbonyl (C=O) groups is 2. The molecule has 5 heteroatoms. The van der Waals surface area contributed by atoms with Gasteiger partial charge in [0.1, 0.15) is 19.3 Å². The summed E-state index contributed by atoms with van der Waals surface area (Å²) < 4.78 is 16.5. The van der Waals surface area contributed by atoms with Crippen molar-refractivity contribution in [2.24, 2.45) is 0 Å². The molecule has 0 N–H and O–H groups in total. The number of ether oxygens (including phenoxy) is 3. The molecule has 5 nitrogen and oxygen atoms in total. The first kappa shape index (κ1) is 43.9. The Bertz CT molecular complexity index is 782. The van der Waals surface area contributed by atoms with Crippen LogP contribution >= 0.6 is 0 Å². The Labute approximate surface area is 284 Å². The minimum Gasteiger partial charge on any atom is -0.463 e. The topological polar surface area (TPSA) is 61.8 Å². The number of unbranched alkanes of at least 4 members (excludes halogenated alkanes) is 17. The fourth-order valence-electron chi connectivity index (χ4n) is 5.07. The second-order valence-corrected chi connectivity index (χ2v) is 12.6. The molecule has 0 aromatic heterocycles. The highest BCUT2D eigenvalue weighted by Gasteiger charge is 2.14. The summed E-state index contributed by atoms with van der Waals surface area (Å²) in [5.74, 6) is -0.549. The van der Waals surface area contributed by atoms with Crippen LogP contribution in [0.3, 0.4) is 0 Å². The number of esters is 2. The second-order valence-electron chi connectivity index (χ2n) is 12.6. The Morgan fingerprint density at radius 2 is 0.913 bits per heavy atom. The number of hydrogen-bond donors (Lipinski definition) is 0. The first-order chi connectivity index (χ1) is 22.6. The molecule has 46 heavy (non-hydrogen) atoms. The molecule has 0 bridgehead atoms. The molecule has 0 aromatic rings. The quantitative estimate of drug-likeness (QED) is 0.0396. The third kappa shape index (κ3) is 36.3. The molecule has 0 fully saturated rings. The maximum absolute atomic E-state index is 12.2. The molecule has 0 saturated heterocycles. The molecule has 0 amide bonds. The molecule has 266 valence electrons. The van der Waals surface area contributed by atoms with E-state index in [0.717, 1.165) is 51.4 Å². The highest BCUT2D eigenvalue weighted by molar-refractivity contribution is 5.69. The van der Waals surface area contributed by atoms with E-state index < -0.39 is 6.10 Å². The summed E-state index contributed by atoms with van der Waals surface area (Å²) in [7, 11) is 0. The molecular weight excluding hydrogens is 572 g/mol. The van der Waals surface area contributed by atoms with Crippen molar-refractivity contribution in [2.75, 3.05) is 19.8 Å². The van der Waals surface area contributed by atoms with Gasteiger partial charge in [-0.2, -0.15) is 0 Å². The van der Waals surface area contributed by atoms with Crippen LogP contribution in [0.2, 0.25) is 0 Å². The summed E-state index contributed by atoms with van der Waals surface area (Å²) in [6.07, 6.45) is 45.5. The summed E-state index contributed by atoms with van der Waals surface area (Å²) >= 11 is 0. The van der Waals surface area contributed by atoms with Crippen LogP contribution in [0.5, 0.6) is 0 Å². The molecule has 1 atom stereocenters. The van der Waals surface area contributed by atoms with Crippen molar-refractivity contribution in [3.63, 3.8) is 0 Å². The Balaban J connectivity index is 3.84. The van der Waals surface area contributed by atoms with Crippen molar-refractivity contribution in [1.29, 1.82) is 0 Å². The molecule has 0 spiro atoms. The molecular formula is C41H72O5. The molecule has 0 radical (unpaired) electrons. The van der Waals surface area contributed by atoms with E-state index in [0.29, 0.717) is 13.0 Å². The average Bonchev–Trinajstić information content (AvgIpc) is 3.05. The van der Waals surface area contributed by atoms with E-state index in [4.69, 9.17) is 14.2 Å². The highest BCUT2D eigenvalue weighted by Crippen LogP contribution is 2.13. The van der Waals surface area contributed by atoms with E-state index >= 15 is 0 Å². The molecule has 1 unspecified atom stereocenters. The molecule has 0 aromatic carbocycles. The zero-order valence-corrected chi connectivity index (χ0v) is 30.3. The van der Waals surface area contributed by atoms with Crippen LogP contribution in [0.1, 0.15) is 175 Å². The summed E-state index contributed by atoms with van der Waals surface area (Å²) in [4.78, 5) is 23.5. The van der Waals surface area contributed by atoms with Crippen LogP contribution in [-0.2, 0) is 23.8 Å². The first-order valence-corrected chi connectivity index (χ1v) is 19.1. The molecule has 0 saturated carbocycles. The van der Waals surface area contributed by atoms with E-state index in [1.165, 1.54) is 103 Å². The summed E-state index contributed by atoms with van der Waals surface area (Å²) in [5.41, 5.74) is 0. The Morgan fingerprint density at radius 1 is 0.500 bits per heavy atom. The normalized spacial score (nSPS) is 12.7. The molecule has 0 aliphatic heterocycles. The van der Waals surface area contributed by atoms with E-state index in [2.05, 4.69) is 62.5 Å². The first-order valence-electron chi connectivity index (χ1n) is 19.1. The van der Waals surface area contributed by atoms with Crippen LogP contribution in [-0.4, -0.2) is 37.9 Å². The van der Waals surface area contributed by atoms with Gasteiger partial charge in [-0.05, 0) is 57.8 Å². The number of allylic oxidation sites excluding steroid dienone is 8. The lowest BCUT2D eigenvalue weighted by molar-refractivity contribution is -0.154. The van der Waals surface area contributed by atoms with Crippen LogP contribution < -0.4 is 0 Å². The van der Waals surface area contributed by atoms with E-state index in [-0.39, 0.29) is 25.2 Å². The Hall–Kier alpha value is -2.14. The molecule has 0 heterocycles. The second kappa shape index (κ2) is 37.3. The van der Waals surface area contributed by atoms with Gasteiger partial charge in [0.2, 0.25) is 0 Å². The van der Waals surface area contributed by atoms with Crippen LogP contribution in [0.4, 0.5) is 0 Å². The van der Waals surface area contributed by atoms with Crippen molar-refractivity contribution in [3.05, 3.63) is 48.6 Å². The SMILES string of the molecule is CCCCC/C=C\C/C=C\C/C=C\C/C=C\CCCCOC(COC(C)=O)COC(=O)CCCCCCCCCCCCCCC. The Morgan fingerprint density at radius 3 is 1.41 bits per heavy atom. The average molecular weight is 645 g/mol. The van der Waals surface area contributed by atoms with Gasteiger partial charge in [0, 0.05) is 20.0 Å². The third-order valence-electron chi connectivity index (χ3n) is 7.96. The van der Waals surface area contributed by atoms with Gasteiger partial charge in [-0.25, -0.2) is 0 Å². The Kier molecular flexibility index (Phi) is 35.6. The van der Waals surface area contributed by atoms with Gasteiger partial charge < -0.3 is 14.2 Å². The van der Waals surface area contributed by atoms with Crippen molar-refractivity contribution in [3.8, 4) is 0 Å². The minimum atomic E-state index is -0.420. The number of rotatable bonds is 34. The third-order valence-corrected chi connectivity index (χ3v) is 7.96. The van der Waals surface area contributed by atoms with Crippen molar-refractivity contribution in [1.82, 2.24) is 0 Å². The van der Waals surface area contributed by atoms with E-state index in [1.807, 2.05) is 0 Å². The standard InChI is InChI=1S/C41H72O5/c1-4-6-8-10-12-14-16-18-19-20-21-22-24-26-28-30-32-34-36-44-40(37-45-39(3)42)38-46-41(43)35-33-31-29-27-25-23-17-15-13-11-9-7-5-2/h12,14,18-19,21-22,26,28,40H,4-11,13,15-17,20,23-25,27,29-38H2,1-3H3/b14-12-,19-18-,22-21-,28-26-. The predicted molar refractivity (Wildman–Crippen MR) is 196 cm³/mol. The van der Waals surface area contributed by atoms with Gasteiger partial charge >= 0.3 is 11.9 Å². The van der Waals surface area contributed by atoms with Gasteiger partial charge in [0.05, 0.1) is 0 Å². The van der Waals surface area contributed by atoms with Gasteiger partial charge in [-0.15, -0.1) is 0 Å². The lowest BCUT2D eigenvalue weighted by atomic mass is 10.0. The number of carbonyl (C=O) groups excluding carboxylic acids is 2. The fraction of sp³-hybridized carbons (Fsp3) is 0.756. The highest BCUT2D eigenvalue weighted by atomic mass is 16.6. The van der Waals surface area contributed by atoms with Gasteiger partial charge in [0.25, 0.3) is 0 Å². The van der Waals surface area contributed by atoms with Crippen LogP contribution in [0.25, 0.3) is 0 Å². The zero-order chi connectivity index (χ0) is 33.6. The largest absolute Gasteiger partial charge is 0.463 e. The maximum atomic E-state index is 12.2. The summed E-state index contributed by atoms with van der Waals surface area (Å²) in [5, 5.41) is 0. The van der Waals surface area contributed by atoms with E-state index in [1.54, 1.807) is 0 Å². The molecule has 0 aliphatic rings. The maximum Gasteiger partial charge on any atom is 0.305 e. The fourth-order valence-corrected chi connectivity index (χ4v) is 5.07. The monoisotopic (exact) mass is 645 g/mol. The number of hydrogen-bond acceptors (Lipinski definition) is 5. The van der Waals surface area contributed by atoms with Gasteiger partial charge in [0.15, 0.2) is 0 Å². The molecule has 0 rings (SSSR count). The summed E-state index contributed by atoms with van der Waals surface area (Å²) in [6.45, 7) is 6.67. The van der Waals surface area contributed by atoms with E-state index in [9.17, 15) is 9.59 Å². The lowest BCUT2D eigenvalue weighted by Crippen LogP contribution is -2.28. The van der Waals surface area contributed by atoms with Gasteiger partial charge in [-0.1, -0.05) is 152 Å². The zero-order valence-electron chi connectivity index (χ0n) is 30.3. The van der Waals surface area contributed by atoms with Crippen LogP contribution in [0.15, 0.2) is 48.6 Å². The van der Waals surface area contributed by atoms with Gasteiger partial charge in [-0.3, -0.25) is 9.59 Å². The molecule has 0 aliphatic carbocycles. The van der Waals surface area contributed by atoms with Crippen molar-refractivity contribution < 1.29 is 23.8 Å². The smallest absolute Gasteiger partial charge is 0.305 e. The minimum absolute atomic E-state index is 0.110. The summed E-state index contributed by atoms with van der Waals surface area (Å²) in [6, 6.07) is 0. The predicted octanol–water partition coefficient (Wildman–Crippen LogP) is 12.1. The van der Waals surface area contributed by atoms with Crippen molar-refractivity contribution >= 4 is 11.9 Å². The lowest BCUT2D eigenvalue weighted by Gasteiger charge is -2.17. The van der Waals surface area contributed by atoms with Crippen molar-refractivity contribution in [2.45, 2.75) is 181 Å². The van der Waals surface area contributed by atoms with Crippen LogP contribution in [0, 0.1) is 0 Å².